The maximum absolute atomic E-state index is 12.3. The molecule has 470 valence electrons. The van der Waals surface area contributed by atoms with Gasteiger partial charge >= 0.3 is 0 Å². The Hall–Kier alpha value is -10.6. The summed E-state index contributed by atoms with van der Waals surface area (Å²) in [5.74, 6) is 4.25. The molecule has 5 amide bonds. The van der Waals surface area contributed by atoms with Crippen LogP contribution >= 0.6 is 34.8 Å². The van der Waals surface area contributed by atoms with Gasteiger partial charge in [0.25, 0.3) is 17.7 Å². The highest BCUT2D eigenvalue weighted by atomic mass is 35.5. The van der Waals surface area contributed by atoms with Gasteiger partial charge in [-0.2, -0.15) is 0 Å². The third-order valence-electron chi connectivity index (χ3n) is 12.4. The summed E-state index contributed by atoms with van der Waals surface area (Å²) in [6.45, 7) is 5.15. The molecule has 5 aromatic heterocycles. The van der Waals surface area contributed by atoms with Crippen molar-refractivity contribution in [1.29, 1.82) is 0 Å². The monoisotopic (exact) mass is 1290 g/mol. The molecule has 0 radical (unpaired) electrons. The van der Waals surface area contributed by atoms with Crippen LogP contribution in [-0.2, 0) is 9.59 Å². The van der Waals surface area contributed by atoms with Crippen LogP contribution in [0.4, 0.5) is 39.9 Å². The van der Waals surface area contributed by atoms with Crippen LogP contribution in [-0.4, -0.2) is 123 Å². The minimum absolute atomic E-state index is 0.0129. The number of aryl methyl sites for hydroxylation is 2. The van der Waals surface area contributed by atoms with E-state index < -0.39 is 17.7 Å². The summed E-state index contributed by atoms with van der Waals surface area (Å²) in [7, 11) is 9.12. The normalized spacial score (nSPS) is 11.9. The number of terminal acetylenes is 1. The highest BCUT2D eigenvalue weighted by Gasteiger charge is 2.31. The molecule has 90 heavy (non-hydrogen) atoms. The highest BCUT2D eigenvalue weighted by Crippen LogP contribution is 2.41. The number of amides is 5. The first-order chi connectivity index (χ1) is 43.2. The first kappa shape index (κ1) is 68.5. The number of rotatable bonds is 17. The topological polar surface area (TPSA) is 385 Å². The summed E-state index contributed by atoms with van der Waals surface area (Å²) in [6.07, 6.45) is 9.23. The van der Waals surface area contributed by atoms with Crippen molar-refractivity contribution in [3.63, 3.8) is 0 Å². The molecule has 0 aliphatic heterocycles. The molecule has 0 atom stereocenters. The van der Waals surface area contributed by atoms with Gasteiger partial charge in [-0.3, -0.25) is 24.0 Å². The molecule has 10 rings (SSSR count). The maximum Gasteiger partial charge on any atom is 0.273 e. The van der Waals surface area contributed by atoms with Gasteiger partial charge in [0.05, 0.1) is 83.5 Å². The van der Waals surface area contributed by atoms with Crippen LogP contribution in [0, 0.1) is 38.0 Å². The van der Waals surface area contributed by atoms with Gasteiger partial charge in [-0.1, -0.05) is 74.4 Å². The van der Waals surface area contributed by atoms with Gasteiger partial charge in [-0.15, -0.1) is 37.0 Å². The standard InChI is InChI=1S/C21H22N6O4.C17H16ClN5O3.C15H13ClN4O2.C4H7NO.C2H4ClNO/c1-11-9-16(31-27-11)13-5-4-6-14(19(13)30-3)23-15-10-17(24-20(28)12-7-8-12)25-26-18(15)21(29)22-2;1-9-7-13(26-23-9)10-5-4-6-11(16(10)25-3)20-12-8-14(18)21-22-15(12)17(24)19-2;1-4-9-6-5-7-10(14(9)22-3)18-11-8-12(16)19-20-13(11)15(21)17-2;5-4(6)3-1-2-3;1-2(3)4-5/h4-6,9-10,12H,7-8H2,1-3H3,(H,22,29)(H2,23,24,25,28);4-8H,1-3H3,(H,19,24)(H,20,21);1,5-8H,2-3H3,(H,17,21)(H,18,19);3H,1-2H2,(H2,5,6);5H,1H3/b;;;;4-2-. The number of halogens is 3. The number of methoxy groups -OCH3 is 3. The zero-order valence-electron chi connectivity index (χ0n) is 49.9. The van der Waals surface area contributed by atoms with Gasteiger partial charge in [-0.05, 0) is 82.9 Å². The molecule has 2 aliphatic carbocycles. The van der Waals surface area contributed by atoms with Gasteiger partial charge in [0.15, 0.2) is 62.0 Å². The number of anilines is 7. The smallest absolute Gasteiger partial charge is 0.273 e. The number of nitrogens with zero attached hydrogens (tertiary/aromatic N) is 9. The molecular formula is C59H62Cl3N17O11. The van der Waals surface area contributed by atoms with Gasteiger partial charge in [0.2, 0.25) is 11.8 Å². The van der Waals surface area contributed by atoms with Crippen LogP contribution in [0.2, 0.25) is 10.3 Å². The van der Waals surface area contributed by atoms with Gasteiger partial charge in [0.1, 0.15) is 5.17 Å². The third kappa shape index (κ3) is 18.9. The first-order valence-corrected chi connectivity index (χ1v) is 28.1. The average Bonchev–Trinajstić information content (AvgIpc) is 2.27. The molecule has 3 aromatic carbocycles. The summed E-state index contributed by atoms with van der Waals surface area (Å²) in [5.41, 5.74) is 11.6. The SMILES string of the molecule is C#Cc1cccc(Nc2cc(Cl)nnc2C(=O)NC)c1OC.C/C(Cl)=N/O.CNC(=O)c1nnc(Cl)cc1Nc1cccc(-c2cc(C)no2)c1OC.CNC(=O)c1nnc(NC(=O)C2CC2)cc1Nc1cccc(-c2cc(C)no2)c1OC.NC(=O)C1CC1. The van der Waals surface area contributed by atoms with E-state index in [4.69, 9.17) is 75.4 Å². The second-order valence-electron chi connectivity index (χ2n) is 19.0. The Balaban J connectivity index is 0.000000200. The van der Waals surface area contributed by atoms with Crippen LogP contribution in [0.25, 0.3) is 22.6 Å². The highest BCUT2D eigenvalue weighted by molar-refractivity contribution is 6.64. The molecule has 5 heterocycles. The lowest BCUT2D eigenvalue weighted by atomic mass is 10.1. The van der Waals surface area contributed by atoms with E-state index in [2.05, 4.69) is 89.2 Å². The number of hydrogen-bond donors (Lipinski definition) is 9. The lowest BCUT2D eigenvalue weighted by Gasteiger charge is -2.16. The summed E-state index contributed by atoms with van der Waals surface area (Å²) < 4.78 is 27.2. The van der Waals surface area contributed by atoms with Gasteiger partial charge in [-0.25, -0.2) is 0 Å². The molecule has 2 fully saturated rings. The van der Waals surface area contributed by atoms with E-state index in [1.54, 1.807) is 56.7 Å². The Morgan fingerprint density at radius 3 is 1.32 bits per heavy atom. The molecule has 2 aliphatic rings. The van der Waals surface area contributed by atoms with Gasteiger partial charge < -0.3 is 71.4 Å². The fraction of sp³-hybridized carbons (Fsp3) is 0.254. The number of carbonyl (C=O) groups excluding carboxylic acids is 5. The number of para-hydroxylation sites is 3. The Morgan fingerprint density at radius 1 is 0.600 bits per heavy atom. The van der Waals surface area contributed by atoms with Crippen molar-refractivity contribution in [1.82, 2.24) is 56.9 Å². The van der Waals surface area contributed by atoms with Crippen LogP contribution < -0.4 is 57.2 Å². The number of nitrogens with two attached hydrogens (primary N) is 1. The minimum atomic E-state index is -0.420. The third-order valence-corrected chi connectivity index (χ3v) is 12.8. The molecule has 0 bridgehead atoms. The summed E-state index contributed by atoms with van der Waals surface area (Å²) in [6, 6.07) is 24.4. The van der Waals surface area contributed by atoms with Crippen LogP contribution in [0.15, 0.2) is 99.1 Å². The lowest BCUT2D eigenvalue weighted by Crippen LogP contribution is -2.22. The molecule has 28 nitrogen and oxygen atoms in total. The lowest BCUT2D eigenvalue weighted by molar-refractivity contribution is -0.119. The molecule has 0 spiro atoms. The quantitative estimate of drug-likeness (QED) is 0.0177. The fourth-order valence-electron chi connectivity index (χ4n) is 7.76. The minimum Gasteiger partial charge on any atom is -0.494 e. The molecule has 2 saturated carbocycles. The second-order valence-corrected chi connectivity index (χ2v) is 20.3. The fourth-order valence-corrected chi connectivity index (χ4v) is 8.05. The van der Waals surface area contributed by atoms with Crippen molar-refractivity contribution in [2.45, 2.75) is 46.5 Å². The molecule has 31 heteroatoms. The maximum atomic E-state index is 12.3. The zero-order chi connectivity index (χ0) is 65.6. The molecule has 0 saturated heterocycles. The number of primary amides is 1. The molecule has 8 aromatic rings. The van der Waals surface area contributed by atoms with Crippen molar-refractivity contribution in [2.24, 2.45) is 22.7 Å². The van der Waals surface area contributed by atoms with E-state index in [-0.39, 0.29) is 62.0 Å². The average molecular weight is 1290 g/mol. The van der Waals surface area contributed by atoms with E-state index in [1.807, 2.05) is 44.2 Å². The predicted octanol–water partition coefficient (Wildman–Crippen LogP) is 9.24. The van der Waals surface area contributed by atoms with Crippen molar-refractivity contribution in [2.75, 3.05) is 63.7 Å². The number of ether oxygens (including phenoxy) is 3. The number of aromatic nitrogens is 8. The van der Waals surface area contributed by atoms with E-state index in [1.165, 1.54) is 47.3 Å². The van der Waals surface area contributed by atoms with E-state index in [9.17, 15) is 24.0 Å². The number of oxime groups is 1. The van der Waals surface area contributed by atoms with E-state index >= 15 is 0 Å². The first-order valence-electron chi connectivity index (χ1n) is 26.9. The van der Waals surface area contributed by atoms with E-state index in [0.717, 1.165) is 37.1 Å². The van der Waals surface area contributed by atoms with Crippen LogP contribution in [0.3, 0.4) is 0 Å². The van der Waals surface area contributed by atoms with Crippen molar-refractivity contribution < 1.29 is 52.4 Å². The Morgan fingerprint density at radius 2 is 0.989 bits per heavy atom. The number of nitrogens with one attached hydrogen (secondary N) is 7. The summed E-state index contributed by atoms with van der Waals surface area (Å²) in [5, 5.41) is 61.2. The predicted molar refractivity (Wildman–Crippen MR) is 338 cm³/mol. The Labute approximate surface area is 530 Å². The second kappa shape index (κ2) is 32.9. The zero-order valence-corrected chi connectivity index (χ0v) is 52.2. The molecule has 0 unspecified atom stereocenters. The van der Waals surface area contributed by atoms with Crippen molar-refractivity contribution in [3.05, 3.63) is 129 Å². The number of benzene rings is 3. The molecular weight excluding hydrogens is 1230 g/mol. The molecule has 10 N–H and O–H groups in total. The Kier molecular flexibility index (Phi) is 25.1. The summed E-state index contributed by atoms with van der Waals surface area (Å²) >= 11 is 16.8. The van der Waals surface area contributed by atoms with Gasteiger partial charge in [0, 0.05) is 63.3 Å². The van der Waals surface area contributed by atoms with Crippen LogP contribution in [0.1, 0.15) is 81.0 Å². The number of carbonyl (C=O) groups is 5. The summed E-state index contributed by atoms with van der Waals surface area (Å²) in [4.78, 5) is 58.3. The largest absolute Gasteiger partial charge is 0.494 e. The number of hydrogen-bond acceptors (Lipinski definition) is 23. The van der Waals surface area contributed by atoms with Crippen molar-refractivity contribution >= 4 is 109 Å². The Bertz CT molecular complexity index is 3940. The van der Waals surface area contributed by atoms with Crippen molar-refractivity contribution in [3.8, 4) is 52.2 Å². The van der Waals surface area contributed by atoms with Crippen LogP contribution in [0.5, 0.6) is 17.2 Å². The van der Waals surface area contributed by atoms with E-state index in [0.29, 0.717) is 79.6 Å².